The Morgan fingerprint density at radius 3 is 2.87 bits per heavy atom. The van der Waals surface area contributed by atoms with Crippen molar-refractivity contribution >= 4 is 11.9 Å². The average molecular weight is 212 g/mol. The number of carbonyl (C=O) groups is 2. The van der Waals surface area contributed by atoms with Gasteiger partial charge in [-0.1, -0.05) is 0 Å². The summed E-state index contributed by atoms with van der Waals surface area (Å²) in [5, 5.41) is 11.5. The van der Waals surface area contributed by atoms with E-state index in [1.165, 1.54) is 12.3 Å². The first kappa shape index (κ1) is 11.3. The van der Waals surface area contributed by atoms with Crippen molar-refractivity contribution in [2.24, 2.45) is 5.73 Å². The van der Waals surface area contributed by atoms with Crippen LogP contribution in [-0.2, 0) is 11.3 Å². The number of furan rings is 1. The van der Waals surface area contributed by atoms with E-state index in [2.05, 4.69) is 5.32 Å². The van der Waals surface area contributed by atoms with E-state index < -0.39 is 17.9 Å². The van der Waals surface area contributed by atoms with E-state index in [1.54, 1.807) is 6.92 Å². The van der Waals surface area contributed by atoms with Gasteiger partial charge in [0.15, 0.2) is 0 Å². The molecule has 1 aromatic rings. The van der Waals surface area contributed by atoms with Crippen LogP contribution in [0.1, 0.15) is 23.0 Å². The summed E-state index contributed by atoms with van der Waals surface area (Å²) < 4.78 is 4.76. The monoisotopic (exact) mass is 212 g/mol. The number of hydrogen-bond acceptors (Lipinski definition) is 4. The normalized spacial score (nSPS) is 12.3. The minimum absolute atomic E-state index is 0.126. The second-order valence-corrected chi connectivity index (χ2v) is 3.09. The van der Waals surface area contributed by atoms with E-state index >= 15 is 0 Å². The largest absolute Gasteiger partial charge is 0.475 e. The van der Waals surface area contributed by atoms with E-state index in [0.717, 1.165) is 0 Å². The molecule has 1 rings (SSSR count). The minimum atomic E-state index is -1.14. The Hall–Kier alpha value is -1.82. The lowest BCUT2D eigenvalue weighted by Crippen LogP contribution is -2.38. The summed E-state index contributed by atoms with van der Waals surface area (Å²) in [6.45, 7) is 1.82. The highest BCUT2D eigenvalue weighted by Crippen LogP contribution is 2.10. The molecule has 0 saturated carbocycles. The molecule has 6 nitrogen and oxygen atoms in total. The van der Waals surface area contributed by atoms with Gasteiger partial charge in [0.05, 0.1) is 12.3 Å². The SMILES string of the molecule is CC(NCc1ccoc1C(=O)O)C(N)=O. The number of nitrogens with two attached hydrogens (primary N) is 1. The van der Waals surface area contributed by atoms with Crippen molar-refractivity contribution in [2.45, 2.75) is 19.5 Å². The first-order chi connectivity index (χ1) is 7.02. The highest BCUT2D eigenvalue weighted by molar-refractivity contribution is 5.86. The molecule has 0 radical (unpaired) electrons. The molecule has 82 valence electrons. The Balaban J connectivity index is 2.61. The van der Waals surface area contributed by atoms with Crippen molar-refractivity contribution in [2.75, 3.05) is 0 Å². The van der Waals surface area contributed by atoms with Crippen LogP contribution in [0.2, 0.25) is 0 Å². The second-order valence-electron chi connectivity index (χ2n) is 3.09. The quantitative estimate of drug-likeness (QED) is 0.634. The maximum atomic E-state index is 10.7. The molecule has 0 saturated heterocycles. The number of carboxylic acids is 1. The van der Waals surface area contributed by atoms with Crippen LogP contribution in [0.15, 0.2) is 16.7 Å². The zero-order valence-electron chi connectivity index (χ0n) is 8.19. The molecule has 0 fully saturated rings. The molecule has 1 aromatic heterocycles. The Morgan fingerprint density at radius 1 is 1.67 bits per heavy atom. The van der Waals surface area contributed by atoms with Crippen LogP contribution < -0.4 is 11.1 Å². The van der Waals surface area contributed by atoms with E-state index in [0.29, 0.717) is 5.56 Å². The Morgan fingerprint density at radius 2 is 2.33 bits per heavy atom. The summed E-state index contributed by atoms with van der Waals surface area (Å²) in [6, 6.07) is 1.02. The third-order valence-corrected chi connectivity index (χ3v) is 1.97. The maximum absolute atomic E-state index is 10.7. The highest BCUT2D eigenvalue weighted by atomic mass is 16.4. The van der Waals surface area contributed by atoms with Crippen LogP contribution >= 0.6 is 0 Å². The topological polar surface area (TPSA) is 106 Å². The zero-order chi connectivity index (χ0) is 11.4. The summed E-state index contributed by atoms with van der Waals surface area (Å²) in [6.07, 6.45) is 1.29. The number of hydrogen-bond donors (Lipinski definition) is 3. The number of nitrogens with one attached hydrogen (secondary N) is 1. The lowest BCUT2D eigenvalue weighted by Gasteiger charge is -2.08. The van der Waals surface area contributed by atoms with Crippen molar-refractivity contribution < 1.29 is 19.1 Å². The van der Waals surface area contributed by atoms with Gasteiger partial charge in [-0.2, -0.15) is 0 Å². The predicted molar refractivity (Wildman–Crippen MR) is 51.2 cm³/mol. The van der Waals surface area contributed by atoms with Crippen molar-refractivity contribution in [1.82, 2.24) is 5.32 Å². The number of primary amides is 1. The van der Waals surface area contributed by atoms with Crippen LogP contribution in [0.3, 0.4) is 0 Å². The summed E-state index contributed by atoms with van der Waals surface area (Å²) in [5.74, 6) is -1.75. The molecule has 0 spiro atoms. The molecule has 1 unspecified atom stereocenters. The minimum Gasteiger partial charge on any atom is -0.475 e. The molecule has 1 amide bonds. The molecule has 0 bridgehead atoms. The zero-order valence-corrected chi connectivity index (χ0v) is 8.19. The van der Waals surface area contributed by atoms with Gasteiger partial charge in [0.2, 0.25) is 11.7 Å². The molecule has 4 N–H and O–H groups in total. The smallest absolute Gasteiger partial charge is 0.372 e. The number of amides is 1. The fourth-order valence-electron chi connectivity index (χ4n) is 1.03. The van der Waals surface area contributed by atoms with Gasteiger partial charge in [-0.05, 0) is 13.0 Å². The van der Waals surface area contributed by atoms with E-state index in [4.69, 9.17) is 15.3 Å². The van der Waals surface area contributed by atoms with Crippen LogP contribution in [0.25, 0.3) is 0 Å². The number of aromatic carboxylic acids is 1. The Labute approximate surface area is 86.1 Å². The lowest BCUT2D eigenvalue weighted by atomic mass is 10.2. The van der Waals surface area contributed by atoms with Crippen LogP contribution in [0.5, 0.6) is 0 Å². The van der Waals surface area contributed by atoms with E-state index in [1.807, 2.05) is 0 Å². The van der Waals surface area contributed by atoms with Gasteiger partial charge >= 0.3 is 5.97 Å². The molecule has 15 heavy (non-hydrogen) atoms. The van der Waals surface area contributed by atoms with Crippen LogP contribution in [-0.4, -0.2) is 23.0 Å². The fraction of sp³-hybridized carbons (Fsp3) is 0.333. The van der Waals surface area contributed by atoms with E-state index in [9.17, 15) is 9.59 Å². The van der Waals surface area contributed by atoms with Gasteiger partial charge in [-0.3, -0.25) is 4.79 Å². The second kappa shape index (κ2) is 4.61. The van der Waals surface area contributed by atoms with Crippen molar-refractivity contribution in [1.29, 1.82) is 0 Å². The summed E-state index contributed by atoms with van der Waals surface area (Å²) in [5.41, 5.74) is 5.51. The summed E-state index contributed by atoms with van der Waals surface area (Å²) >= 11 is 0. The summed E-state index contributed by atoms with van der Waals surface area (Å²) in [4.78, 5) is 21.3. The molecule has 0 aliphatic carbocycles. The predicted octanol–water partition coefficient (Wildman–Crippen LogP) is -0.0588. The maximum Gasteiger partial charge on any atom is 0.372 e. The molecular formula is C9H12N2O4. The van der Waals surface area contributed by atoms with Gasteiger partial charge in [0.25, 0.3) is 0 Å². The van der Waals surface area contributed by atoms with Gasteiger partial charge < -0.3 is 20.6 Å². The Bertz CT molecular complexity index is 372. The van der Waals surface area contributed by atoms with Crippen LogP contribution in [0.4, 0.5) is 0 Å². The third-order valence-electron chi connectivity index (χ3n) is 1.97. The molecule has 0 aromatic carbocycles. The van der Waals surface area contributed by atoms with Gasteiger partial charge in [-0.15, -0.1) is 0 Å². The molecular weight excluding hydrogens is 200 g/mol. The van der Waals surface area contributed by atoms with Crippen molar-refractivity contribution in [3.8, 4) is 0 Å². The summed E-state index contributed by atoms with van der Waals surface area (Å²) in [7, 11) is 0. The molecule has 6 heteroatoms. The first-order valence-corrected chi connectivity index (χ1v) is 4.34. The molecule has 1 atom stereocenters. The molecule has 0 aliphatic rings. The average Bonchev–Trinajstić information content (AvgIpc) is 2.61. The standard InChI is InChI=1S/C9H12N2O4/c1-5(8(10)12)11-4-6-2-3-15-7(6)9(13)14/h2-3,5,11H,4H2,1H3,(H2,10,12)(H,13,14). The number of carbonyl (C=O) groups excluding carboxylic acids is 1. The molecule has 1 heterocycles. The number of carboxylic acid groups (broad SMARTS) is 1. The Kier molecular flexibility index (Phi) is 3.46. The van der Waals surface area contributed by atoms with Gasteiger partial charge in [0.1, 0.15) is 0 Å². The first-order valence-electron chi connectivity index (χ1n) is 4.34. The third kappa shape index (κ3) is 2.81. The fourth-order valence-corrected chi connectivity index (χ4v) is 1.03. The van der Waals surface area contributed by atoms with Crippen LogP contribution in [0, 0.1) is 0 Å². The molecule has 0 aliphatic heterocycles. The van der Waals surface area contributed by atoms with E-state index in [-0.39, 0.29) is 12.3 Å². The van der Waals surface area contributed by atoms with Gasteiger partial charge in [0, 0.05) is 12.1 Å². The lowest BCUT2D eigenvalue weighted by molar-refractivity contribution is -0.119. The van der Waals surface area contributed by atoms with Crippen molar-refractivity contribution in [3.05, 3.63) is 23.7 Å². The van der Waals surface area contributed by atoms with Gasteiger partial charge in [-0.25, -0.2) is 4.79 Å². The highest BCUT2D eigenvalue weighted by Gasteiger charge is 2.15. The number of rotatable bonds is 5. The van der Waals surface area contributed by atoms with Crippen molar-refractivity contribution in [3.63, 3.8) is 0 Å².